The predicted octanol–water partition coefficient (Wildman–Crippen LogP) is 2.94. The van der Waals surface area contributed by atoms with Gasteiger partial charge >= 0.3 is 0 Å². The summed E-state index contributed by atoms with van der Waals surface area (Å²) in [5.74, 6) is 1.29. The summed E-state index contributed by atoms with van der Waals surface area (Å²) >= 11 is 0. The van der Waals surface area contributed by atoms with Crippen LogP contribution in [0.5, 0.6) is 0 Å². The molecule has 2 aliphatic carbocycles. The highest BCUT2D eigenvalue weighted by molar-refractivity contribution is 5.92. The van der Waals surface area contributed by atoms with Gasteiger partial charge in [0.1, 0.15) is 5.69 Å². The van der Waals surface area contributed by atoms with E-state index in [1.54, 1.807) is 0 Å². The highest BCUT2D eigenvalue weighted by atomic mass is 16.2. The van der Waals surface area contributed by atoms with Crippen LogP contribution in [0, 0.1) is 5.92 Å². The SMILES string of the molecule is CC1CCCCC1N(C)C(=O)c1cc(C2CC2)[nH]n1. The first-order valence-corrected chi connectivity index (χ1v) is 7.49. The number of amides is 1. The van der Waals surface area contributed by atoms with E-state index in [0.29, 0.717) is 23.6 Å². The highest BCUT2D eigenvalue weighted by Gasteiger charge is 2.31. The molecule has 1 amide bonds. The zero-order valence-corrected chi connectivity index (χ0v) is 11.9. The summed E-state index contributed by atoms with van der Waals surface area (Å²) in [6.45, 7) is 2.26. The first-order valence-electron chi connectivity index (χ1n) is 7.49. The van der Waals surface area contributed by atoms with Crippen LogP contribution in [0.1, 0.15) is 67.5 Å². The van der Waals surface area contributed by atoms with Crippen LogP contribution in [-0.4, -0.2) is 34.1 Å². The molecule has 0 saturated heterocycles. The number of hydrogen-bond acceptors (Lipinski definition) is 2. The molecule has 0 radical (unpaired) electrons. The minimum absolute atomic E-state index is 0.0712. The Hall–Kier alpha value is -1.32. The van der Waals surface area contributed by atoms with Crippen molar-refractivity contribution in [3.8, 4) is 0 Å². The molecule has 1 N–H and O–H groups in total. The van der Waals surface area contributed by atoms with E-state index in [1.807, 2.05) is 18.0 Å². The quantitative estimate of drug-likeness (QED) is 0.909. The molecule has 0 aromatic carbocycles. The van der Waals surface area contributed by atoms with Gasteiger partial charge in [-0.2, -0.15) is 5.10 Å². The zero-order chi connectivity index (χ0) is 13.4. The van der Waals surface area contributed by atoms with Gasteiger partial charge in [0.25, 0.3) is 5.91 Å². The fourth-order valence-corrected chi connectivity index (χ4v) is 3.25. The molecular formula is C15H23N3O. The number of aromatic amines is 1. The van der Waals surface area contributed by atoms with Gasteiger partial charge in [0.15, 0.2) is 0 Å². The van der Waals surface area contributed by atoms with Crippen molar-refractivity contribution in [2.75, 3.05) is 7.05 Å². The maximum atomic E-state index is 12.5. The normalized spacial score (nSPS) is 27.3. The van der Waals surface area contributed by atoms with Crippen LogP contribution >= 0.6 is 0 Å². The van der Waals surface area contributed by atoms with Gasteiger partial charge in [0.05, 0.1) is 0 Å². The van der Waals surface area contributed by atoms with Crippen LogP contribution in [0.15, 0.2) is 6.07 Å². The van der Waals surface area contributed by atoms with Gasteiger partial charge in [-0.15, -0.1) is 0 Å². The van der Waals surface area contributed by atoms with E-state index in [-0.39, 0.29) is 5.91 Å². The average Bonchev–Trinajstić information content (AvgIpc) is 3.16. The number of nitrogens with zero attached hydrogens (tertiary/aromatic N) is 2. The van der Waals surface area contributed by atoms with Crippen LogP contribution in [0.3, 0.4) is 0 Å². The molecule has 2 aliphatic rings. The second-order valence-corrected chi connectivity index (χ2v) is 6.23. The minimum Gasteiger partial charge on any atom is -0.337 e. The fourth-order valence-electron chi connectivity index (χ4n) is 3.25. The zero-order valence-electron chi connectivity index (χ0n) is 11.9. The summed E-state index contributed by atoms with van der Waals surface area (Å²) in [5.41, 5.74) is 1.72. The Kier molecular flexibility index (Phi) is 3.33. The predicted molar refractivity (Wildman–Crippen MR) is 74.1 cm³/mol. The molecule has 3 rings (SSSR count). The maximum absolute atomic E-state index is 12.5. The molecule has 2 saturated carbocycles. The van der Waals surface area contributed by atoms with Crippen molar-refractivity contribution < 1.29 is 4.79 Å². The van der Waals surface area contributed by atoms with Gasteiger partial charge < -0.3 is 4.90 Å². The Morgan fingerprint density at radius 3 is 2.74 bits per heavy atom. The summed E-state index contributed by atoms with van der Waals surface area (Å²) in [4.78, 5) is 14.4. The standard InChI is InChI=1S/C15H23N3O/c1-10-5-3-4-6-14(10)18(2)15(19)13-9-12(16-17-13)11-7-8-11/h9-11,14H,3-8H2,1-2H3,(H,16,17). The molecule has 1 aromatic rings. The number of nitrogens with one attached hydrogen (secondary N) is 1. The lowest BCUT2D eigenvalue weighted by Gasteiger charge is -2.35. The Labute approximate surface area is 114 Å². The summed E-state index contributed by atoms with van der Waals surface area (Å²) < 4.78 is 0. The molecule has 2 atom stereocenters. The van der Waals surface area contributed by atoms with E-state index in [1.165, 1.54) is 32.1 Å². The van der Waals surface area contributed by atoms with Gasteiger partial charge in [-0.25, -0.2) is 0 Å². The lowest BCUT2D eigenvalue weighted by molar-refractivity contribution is 0.0623. The van der Waals surface area contributed by atoms with Crippen molar-refractivity contribution in [1.82, 2.24) is 15.1 Å². The van der Waals surface area contributed by atoms with Crippen molar-refractivity contribution in [1.29, 1.82) is 0 Å². The van der Waals surface area contributed by atoms with Crippen molar-refractivity contribution in [2.45, 2.75) is 57.4 Å². The number of rotatable bonds is 3. The van der Waals surface area contributed by atoms with Gasteiger partial charge in [0, 0.05) is 24.7 Å². The van der Waals surface area contributed by atoms with E-state index in [4.69, 9.17) is 0 Å². The molecule has 2 fully saturated rings. The molecule has 4 nitrogen and oxygen atoms in total. The monoisotopic (exact) mass is 261 g/mol. The van der Waals surface area contributed by atoms with Gasteiger partial charge in [-0.05, 0) is 37.7 Å². The molecule has 0 spiro atoms. The molecule has 0 aliphatic heterocycles. The first-order chi connectivity index (χ1) is 9.16. The number of carbonyl (C=O) groups is 1. The lowest BCUT2D eigenvalue weighted by Crippen LogP contribution is -2.42. The van der Waals surface area contributed by atoms with Crippen LogP contribution in [0.4, 0.5) is 0 Å². The van der Waals surface area contributed by atoms with E-state index >= 15 is 0 Å². The first kappa shape index (κ1) is 12.7. The van der Waals surface area contributed by atoms with E-state index in [2.05, 4.69) is 17.1 Å². The Morgan fingerprint density at radius 2 is 2.05 bits per heavy atom. The number of carbonyl (C=O) groups excluding carboxylic acids is 1. The van der Waals surface area contributed by atoms with Crippen LogP contribution in [-0.2, 0) is 0 Å². The largest absolute Gasteiger partial charge is 0.337 e. The van der Waals surface area contributed by atoms with Crippen LogP contribution < -0.4 is 0 Å². The van der Waals surface area contributed by atoms with Crippen molar-refractivity contribution in [3.63, 3.8) is 0 Å². The topological polar surface area (TPSA) is 49.0 Å². The van der Waals surface area contributed by atoms with Crippen molar-refractivity contribution >= 4 is 5.91 Å². The van der Waals surface area contributed by atoms with Gasteiger partial charge in [-0.3, -0.25) is 9.89 Å². The second kappa shape index (κ2) is 4.99. The third-order valence-corrected chi connectivity index (χ3v) is 4.72. The van der Waals surface area contributed by atoms with E-state index < -0.39 is 0 Å². The van der Waals surface area contributed by atoms with Gasteiger partial charge in [-0.1, -0.05) is 19.8 Å². The summed E-state index contributed by atoms with van der Waals surface area (Å²) in [6.07, 6.45) is 7.35. The maximum Gasteiger partial charge on any atom is 0.274 e. The summed E-state index contributed by atoms with van der Waals surface area (Å²) in [5, 5.41) is 7.22. The van der Waals surface area contributed by atoms with Crippen LogP contribution in [0.2, 0.25) is 0 Å². The Morgan fingerprint density at radius 1 is 1.32 bits per heavy atom. The number of hydrogen-bond donors (Lipinski definition) is 1. The molecule has 1 heterocycles. The lowest BCUT2D eigenvalue weighted by atomic mass is 9.85. The molecule has 1 aromatic heterocycles. The summed E-state index contributed by atoms with van der Waals surface area (Å²) in [6, 6.07) is 2.33. The minimum atomic E-state index is 0.0712. The van der Waals surface area contributed by atoms with E-state index in [0.717, 1.165) is 12.1 Å². The van der Waals surface area contributed by atoms with Crippen molar-refractivity contribution in [2.24, 2.45) is 5.92 Å². The molecule has 2 unspecified atom stereocenters. The number of H-pyrrole nitrogens is 1. The smallest absolute Gasteiger partial charge is 0.274 e. The third-order valence-electron chi connectivity index (χ3n) is 4.72. The van der Waals surface area contributed by atoms with Crippen LogP contribution in [0.25, 0.3) is 0 Å². The Bertz CT molecular complexity index is 464. The van der Waals surface area contributed by atoms with E-state index in [9.17, 15) is 4.79 Å². The van der Waals surface area contributed by atoms with Crippen molar-refractivity contribution in [3.05, 3.63) is 17.5 Å². The summed E-state index contributed by atoms with van der Waals surface area (Å²) in [7, 11) is 1.93. The second-order valence-electron chi connectivity index (χ2n) is 6.23. The Balaban J connectivity index is 1.70. The molecule has 0 bridgehead atoms. The average molecular weight is 261 g/mol. The third kappa shape index (κ3) is 2.53. The number of aromatic nitrogens is 2. The molecule has 104 valence electrons. The van der Waals surface area contributed by atoms with Gasteiger partial charge in [0.2, 0.25) is 0 Å². The molecule has 4 heteroatoms. The highest BCUT2D eigenvalue weighted by Crippen LogP contribution is 2.39. The molecule has 19 heavy (non-hydrogen) atoms. The molecular weight excluding hydrogens is 238 g/mol. The fraction of sp³-hybridized carbons (Fsp3) is 0.733.